The molecular formula is C16H20FNO3. The van der Waals surface area contributed by atoms with Crippen molar-refractivity contribution in [1.29, 1.82) is 0 Å². The van der Waals surface area contributed by atoms with E-state index in [4.69, 9.17) is 9.47 Å². The van der Waals surface area contributed by atoms with Gasteiger partial charge in [-0.1, -0.05) is 12.1 Å². The van der Waals surface area contributed by atoms with E-state index in [1.165, 1.54) is 12.1 Å². The van der Waals surface area contributed by atoms with Gasteiger partial charge in [0.15, 0.2) is 0 Å². The van der Waals surface area contributed by atoms with Crippen LogP contribution in [0.2, 0.25) is 0 Å². The second kappa shape index (κ2) is 6.12. The molecule has 1 aromatic carbocycles. The van der Waals surface area contributed by atoms with Crippen LogP contribution in [0.5, 0.6) is 0 Å². The maximum atomic E-state index is 13.9. The van der Waals surface area contributed by atoms with Crippen LogP contribution in [-0.4, -0.2) is 48.8 Å². The zero-order chi connectivity index (χ0) is 14.8. The van der Waals surface area contributed by atoms with Gasteiger partial charge in [0.05, 0.1) is 18.2 Å². The third-order valence-electron chi connectivity index (χ3n) is 4.22. The Morgan fingerprint density at radius 3 is 3.05 bits per heavy atom. The number of ether oxygens (including phenoxy) is 2. The number of likely N-dealkylation sites (tertiary alicyclic amines) is 1. The van der Waals surface area contributed by atoms with Gasteiger partial charge in [-0.05, 0) is 31.9 Å². The van der Waals surface area contributed by atoms with E-state index in [9.17, 15) is 9.18 Å². The Bertz CT molecular complexity index is 522. The highest BCUT2D eigenvalue weighted by Crippen LogP contribution is 2.32. The van der Waals surface area contributed by atoms with Crippen LogP contribution in [0.15, 0.2) is 24.3 Å². The number of carbonyl (C=O) groups is 1. The van der Waals surface area contributed by atoms with E-state index in [-0.39, 0.29) is 29.7 Å². The zero-order valence-corrected chi connectivity index (χ0v) is 12.1. The second-order valence-corrected chi connectivity index (χ2v) is 5.48. The molecule has 1 aromatic rings. The molecular weight excluding hydrogens is 273 g/mol. The monoisotopic (exact) mass is 293 g/mol. The Labute approximate surface area is 123 Å². The van der Waals surface area contributed by atoms with Gasteiger partial charge >= 0.3 is 0 Å². The molecule has 2 aliphatic rings. The van der Waals surface area contributed by atoms with Crippen molar-refractivity contribution in [2.45, 2.75) is 38.0 Å². The molecule has 1 amide bonds. The summed E-state index contributed by atoms with van der Waals surface area (Å²) in [4.78, 5) is 14.4. The normalized spacial score (nSPS) is 28.5. The number of halogens is 1. The lowest BCUT2D eigenvalue weighted by molar-refractivity contribution is -0.0737. The maximum Gasteiger partial charge on any atom is 0.257 e. The largest absolute Gasteiger partial charge is 0.374 e. The first-order valence-electron chi connectivity index (χ1n) is 7.51. The van der Waals surface area contributed by atoms with Crippen molar-refractivity contribution in [2.75, 3.05) is 19.8 Å². The maximum absolute atomic E-state index is 13.9. The highest BCUT2D eigenvalue weighted by Gasteiger charge is 2.46. The molecule has 114 valence electrons. The van der Waals surface area contributed by atoms with Crippen molar-refractivity contribution < 1.29 is 18.7 Å². The first kappa shape index (κ1) is 14.5. The van der Waals surface area contributed by atoms with Crippen molar-refractivity contribution in [1.82, 2.24) is 4.90 Å². The topological polar surface area (TPSA) is 38.8 Å². The van der Waals surface area contributed by atoms with Crippen molar-refractivity contribution in [3.8, 4) is 0 Å². The van der Waals surface area contributed by atoms with Crippen LogP contribution < -0.4 is 0 Å². The summed E-state index contributed by atoms with van der Waals surface area (Å²) in [6, 6.07) is 6.11. The van der Waals surface area contributed by atoms with E-state index in [0.717, 1.165) is 12.8 Å². The van der Waals surface area contributed by atoms with Crippen LogP contribution in [-0.2, 0) is 9.47 Å². The van der Waals surface area contributed by atoms with Gasteiger partial charge in [0.1, 0.15) is 18.0 Å². The molecule has 0 saturated carbocycles. The summed E-state index contributed by atoms with van der Waals surface area (Å²) < 4.78 is 25.4. The molecule has 0 unspecified atom stereocenters. The van der Waals surface area contributed by atoms with Crippen LogP contribution in [0.3, 0.4) is 0 Å². The number of benzene rings is 1. The lowest BCUT2D eigenvalue weighted by atomic mass is 10.0. The van der Waals surface area contributed by atoms with Gasteiger partial charge in [-0.2, -0.15) is 0 Å². The molecule has 0 N–H and O–H groups in total. The van der Waals surface area contributed by atoms with Gasteiger partial charge in [0.25, 0.3) is 5.91 Å². The van der Waals surface area contributed by atoms with Gasteiger partial charge in [0.2, 0.25) is 0 Å². The van der Waals surface area contributed by atoms with E-state index in [1.54, 1.807) is 17.0 Å². The van der Waals surface area contributed by atoms with Crippen molar-refractivity contribution in [2.24, 2.45) is 0 Å². The Hall–Kier alpha value is -1.46. The van der Waals surface area contributed by atoms with Crippen LogP contribution in [0.4, 0.5) is 4.39 Å². The third-order valence-corrected chi connectivity index (χ3v) is 4.22. The highest BCUT2D eigenvalue weighted by atomic mass is 19.1. The van der Waals surface area contributed by atoms with E-state index >= 15 is 0 Å². The molecule has 5 heteroatoms. The molecule has 2 aliphatic heterocycles. The Balaban J connectivity index is 1.84. The zero-order valence-electron chi connectivity index (χ0n) is 12.1. The summed E-state index contributed by atoms with van der Waals surface area (Å²) in [5, 5.41) is 0. The summed E-state index contributed by atoms with van der Waals surface area (Å²) in [7, 11) is 0. The highest BCUT2D eigenvalue weighted by molar-refractivity contribution is 5.95. The summed E-state index contributed by atoms with van der Waals surface area (Å²) >= 11 is 0. The second-order valence-electron chi connectivity index (χ2n) is 5.48. The number of hydrogen-bond acceptors (Lipinski definition) is 3. The fourth-order valence-corrected chi connectivity index (χ4v) is 3.29. The predicted octanol–water partition coefficient (Wildman–Crippen LogP) is 2.23. The van der Waals surface area contributed by atoms with Crippen molar-refractivity contribution in [3.05, 3.63) is 35.6 Å². The van der Waals surface area contributed by atoms with Gasteiger partial charge in [-0.3, -0.25) is 4.79 Å². The molecule has 2 fully saturated rings. The van der Waals surface area contributed by atoms with Gasteiger partial charge in [0, 0.05) is 13.2 Å². The average molecular weight is 293 g/mol. The fraction of sp³-hybridized carbons (Fsp3) is 0.562. The molecule has 0 aromatic heterocycles. The summed E-state index contributed by atoms with van der Waals surface area (Å²) in [6.07, 6.45) is 1.60. The molecule has 0 radical (unpaired) electrons. The van der Waals surface area contributed by atoms with Crippen LogP contribution in [0, 0.1) is 5.82 Å². The lowest BCUT2D eigenvalue weighted by Gasteiger charge is -2.32. The minimum atomic E-state index is -0.476. The van der Waals surface area contributed by atoms with Gasteiger partial charge < -0.3 is 14.4 Å². The number of amides is 1. The molecule has 0 aliphatic carbocycles. The molecule has 21 heavy (non-hydrogen) atoms. The smallest absolute Gasteiger partial charge is 0.257 e. The van der Waals surface area contributed by atoms with E-state index in [2.05, 4.69) is 0 Å². The van der Waals surface area contributed by atoms with Crippen LogP contribution in [0.1, 0.15) is 30.1 Å². The molecule has 3 rings (SSSR count). The molecule has 4 nitrogen and oxygen atoms in total. The number of rotatable bonds is 3. The third kappa shape index (κ3) is 2.68. The van der Waals surface area contributed by atoms with Crippen LogP contribution >= 0.6 is 0 Å². The predicted molar refractivity (Wildman–Crippen MR) is 75.6 cm³/mol. The number of nitrogens with zero attached hydrogens (tertiary/aromatic N) is 1. The minimum absolute atomic E-state index is 0.0117. The van der Waals surface area contributed by atoms with E-state index in [1.807, 2.05) is 6.92 Å². The molecule has 0 bridgehead atoms. The van der Waals surface area contributed by atoms with Gasteiger partial charge in [-0.15, -0.1) is 0 Å². The number of hydrogen-bond donors (Lipinski definition) is 0. The van der Waals surface area contributed by atoms with Crippen LogP contribution in [0.25, 0.3) is 0 Å². The first-order valence-corrected chi connectivity index (χ1v) is 7.51. The quantitative estimate of drug-likeness (QED) is 0.858. The van der Waals surface area contributed by atoms with E-state index < -0.39 is 5.82 Å². The summed E-state index contributed by atoms with van der Waals surface area (Å²) in [5.74, 6) is -0.744. The standard InChI is InChI=1S/C16H20FNO3/c1-2-20-14-10-18(13-8-5-9-21-15(13)14)16(19)11-6-3-4-7-12(11)17/h3-4,6-7,13-15H,2,5,8-10H2,1H3/t13-,14-,15+/m1/s1. The molecule has 2 saturated heterocycles. The minimum Gasteiger partial charge on any atom is -0.374 e. The summed E-state index contributed by atoms with van der Waals surface area (Å²) in [5.41, 5.74) is 0.124. The van der Waals surface area contributed by atoms with Crippen molar-refractivity contribution >= 4 is 5.91 Å². The molecule has 0 spiro atoms. The first-order chi connectivity index (χ1) is 10.2. The van der Waals surface area contributed by atoms with Crippen molar-refractivity contribution in [3.63, 3.8) is 0 Å². The number of carbonyl (C=O) groups excluding carboxylic acids is 1. The van der Waals surface area contributed by atoms with E-state index in [0.29, 0.717) is 19.8 Å². The average Bonchev–Trinajstić information content (AvgIpc) is 2.87. The Kier molecular flexibility index (Phi) is 4.22. The Morgan fingerprint density at radius 2 is 2.29 bits per heavy atom. The summed E-state index contributed by atoms with van der Waals surface area (Å²) in [6.45, 7) is 3.68. The molecule has 3 atom stereocenters. The molecule has 2 heterocycles. The Morgan fingerprint density at radius 1 is 1.48 bits per heavy atom. The lowest BCUT2D eigenvalue weighted by Crippen LogP contribution is -2.44. The fourth-order valence-electron chi connectivity index (χ4n) is 3.29. The number of fused-ring (bicyclic) bond motifs is 1. The van der Waals surface area contributed by atoms with Gasteiger partial charge in [-0.25, -0.2) is 4.39 Å². The SMILES string of the molecule is CCO[C@@H]1CN(C(=O)c2ccccc2F)[C@@H]2CCCO[C@@H]21.